The number of carboxylic acid groups (broad SMARTS) is 1. The predicted octanol–water partition coefficient (Wildman–Crippen LogP) is -1.60. The van der Waals surface area contributed by atoms with E-state index in [1.807, 2.05) is 0 Å². The first kappa shape index (κ1) is 27.0. The number of aliphatic carboxylic acids is 1. The van der Waals surface area contributed by atoms with E-state index in [4.69, 9.17) is 9.84 Å². The van der Waals surface area contributed by atoms with Gasteiger partial charge in [0.25, 0.3) is 0 Å². The molecule has 0 rings (SSSR count). The number of ether oxygens (including phenoxy) is 1. The molecule has 0 aromatic heterocycles. The van der Waals surface area contributed by atoms with Crippen LogP contribution in [0.3, 0.4) is 0 Å². The number of hydrogen-bond acceptors (Lipinski definition) is 7. The molecule has 162 valence electrons. The molecule has 0 radical (unpaired) electrons. The van der Waals surface area contributed by atoms with Gasteiger partial charge in [-0.05, 0) is 6.92 Å². The Labute approximate surface area is 151 Å². The van der Waals surface area contributed by atoms with Crippen LogP contribution in [0.4, 0.5) is 0 Å². The van der Waals surface area contributed by atoms with Crippen molar-refractivity contribution in [2.75, 3.05) is 6.61 Å². The monoisotopic (exact) mass is 481 g/mol. The van der Waals surface area contributed by atoms with Gasteiger partial charge < -0.3 is 49.0 Å². The van der Waals surface area contributed by atoms with Crippen LogP contribution in [0.5, 0.6) is 0 Å². The summed E-state index contributed by atoms with van der Waals surface area (Å²) in [6.45, 7) is -0.0738. The molecule has 0 heterocycles. The lowest BCUT2D eigenvalue weighted by atomic mass is 10.4. The summed E-state index contributed by atoms with van der Waals surface area (Å²) in [5.41, 5.74) is -6.79. The number of rotatable bonds is 11. The van der Waals surface area contributed by atoms with Crippen LogP contribution in [-0.4, -0.2) is 79.0 Å². The van der Waals surface area contributed by atoms with Crippen molar-refractivity contribution in [2.45, 2.75) is 30.6 Å². The maximum absolute atomic E-state index is 11.6. The molecule has 16 nitrogen and oxygen atoms in total. The molecule has 27 heavy (non-hydrogen) atoms. The fraction of sp³-hybridized carbons (Fsp3) is 0.857. The Kier molecular flexibility index (Phi) is 9.20. The van der Waals surface area contributed by atoms with Crippen LogP contribution in [0.1, 0.15) is 13.3 Å². The van der Waals surface area contributed by atoms with E-state index in [-0.39, 0.29) is 0 Å². The van der Waals surface area contributed by atoms with E-state index < -0.39 is 71.6 Å². The zero-order valence-corrected chi connectivity index (χ0v) is 16.9. The molecule has 0 fully saturated rings. The molecule has 0 bridgehead atoms. The highest BCUT2D eigenvalue weighted by atomic mass is 31.2. The summed E-state index contributed by atoms with van der Waals surface area (Å²) >= 11 is 0. The number of carboxylic acids is 1. The van der Waals surface area contributed by atoms with Crippen LogP contribution < -0.4 is 0 Å². The van der Waals surface area contributed by atoms with Gasteiger partial charge in [-0.3, -0.25) is 23.1 Å². The molecule has 0 aliphatic carbocycles. The highest BCUT2D eigenvalue weighted by molar-refractivity contribution is 7.72. The summed E-state index contributed by atoms with van der Waals surface area (Å²) in [5, 5.41) is 8.51. The molecule has 9 N–H and O–H groups in total. The molecular formula is C7H19NO15P4. The third kappa shape index (κ3) is 8.48. The lowest BCUT2D eigenvalue weighted by Gasteiger charge is -2.40. The molecule has 0 spiro atoms. The van der Waals surface area contributed by atoms with Gasteiger partial charge >= 0.3 is 36.4 Å². The molecule has 0 aliphatic heterocycles. The maximum Gasteiger partial charge on any atom is 0.355 e. The van der Waals surface area contributed by atoms with Crippen molar-refractivity contribution in [1.29, 1.82) is 0 Å². The number of carbonyl (C=O) groups is 1. The van der Waals surface area contributed by atoms with Gasteiger partial charge in [0.15, 0.2) is 0 Å². The minimum absolute atomic E-state index is 0.509. The Balaban J connectivity index is 6.50. The topological polar surface area (TPSA) is 280 Å². The minimum atomic E-state index is -5.97. The highest BCUT2D eigenvalue weighted by Gasteiger charge is 2.60. The summed E-state index contributed by atoms with van der Waals surface area (Å²) in [6, 6.07) is 0. The fourth-order valence-electron chi connectivity index (χ4n) is 1.98. The molecule has 1 atom stereocenters. The third-order valence-corrected chi connectivity index (χ3v) is 9.91. The smallest absolute Gasteiger partial charge is 0.355 e. The summed E-state index contributed by atoms with van der Waals surface area (Å²) in [6.07, 6.45) is -2.88. The second kappa shape index (κ2) is 9.21. The van der Waals surface area contributed by atoms with Gasteiger partial charge in [-0.15, -0.1) is 0 Å². The Bertz CT molecular complexity index is 622. The Morgan fingerprint density at radius 3 is 1.33 bits per heavy atom. The van der Waals surface area contributed by atoms with Crippen LogP contribution in [0.25, 0.3) is 0 Å². The van der Waals surface area contributed by atoms with Gasteiger partial charge in [-0.2, -0.15) is 0 Å². The normalized spacial score (nSPS) is 15.6. The first-order chi connectivity index (χ1) is 11.7. The van der Waals surface area contributed by atoms with Crippen LogP contribution in [0.15, 0.2) is 0 Å². The molecule has 20 heteroatoms. The van der Waals surface area contributed by atoms with Gasteiger partial charge in [0, 0.05) is 0 Å². The fourth-order valence-corrected chi connectivity index (χ4v) is 8.21. The summed E-state index contributed by atoms with van der Waals surface area (Å²) in [5.74, 6) is -1.43. The van der Waals surface area contributed by atoms with Crippen molar-refractivity contribution in [3.05, 3.63) is 0 Å². The Morgan fingerprint density at radius 1 is 0.815 bits per heavy atom. The van der Waals surface area contributed by atoms with Crippen LogP contribution in [0, 0.1) is 0 Å². The van der Waals surface area contributed by atoms with Crippen molar-refractivity contribution in [3.63, 3.8) is 0 Å². The Morgan fingerprint density at radius 2 is 1.11 bits per heavy atom. The second-order valence-electron chi connectivity index (χ2n) is 5.11. The molecule has 0 aromatic rings. The standard InChI is InChI=1S/C7H19NO15P4/c1-4(23-3-2-5(9)10)8(6(24(11,12)13)25(14,15)16)7(26(17,18)19)27(20,21)22/h4,6-7H,2-3H2,1H3,(H,9,10)(H2,11,12,13)(H2,14,15,16)(H2,17,18,19)(H2,20,21,22). The van der Waals surface area contributed by atoms with Gasteiger partial charge in [0.2, 0.25) is 11.0 Å². The van der Waals surface area contributed by atoms with E-state index >= 15 is 0 Å². The molecule has 0 saturated carbocycles. The van der Waals surface area contributed by atoms with E-state index in [0.717, 1.165) is 0 Å². The minimum Gasteiger partial charge on any atom is -0.481 e. The Hall–Kier alpha value is -0.0100. The lowest BCUT2D eigenvalue weighted by Crippen LogP contribution is -2.49. The molecular weight excluding hydrogens is 462 g/mol. The highest BCUT2D eigenvalue weighted by Crippen LogP contribution is 2.69. The van der Waals surface area contributed by atoms with E-state index in [2.05, 4.69) is 0 Å². The van der Waals surface area contributed by atoms with E-state index in [9.17, 15) is 62.2 Å². The van der Waals surface area contributed by atoms with Crippen molar-refractivity contribution < 1.29 is 72.0 Å². The average Bonchev–Trinajstić information content (AvgIpc) is 2.30. The first-order valence-corrected chi connectivity index (χ1v) is 13.2. The van der Waals surface area contributed by atoms with E-state index in [1.165, 1.54) is 0 Å². The van der Waals surface area contributed by atoms with E-state index in [0.29, 0.717) is 6.92 Å². The number of nitrogens with zero attached hydrogens (tertiary/aromatic N) is 1. The number of hydrogen-bond donors (Lipinski definition) is 9. The molecule has 1 unspecified atom stereocenters. The van der Waals surface area contributed by atoms with E-state index in [1.54, 1.807) is 0 Å². The molecule has 0 aromatic carbocycles. The zero-order valence-electron chi connectivity index (χ0n) is 13.4. The van der Waals surface area contributed by atoms with Gasteiger partial charge in [0.05, 0.1) is 13.0 Å². The SMILES string of the molecule is CC(OCCC(=O)O)N(C(P(=O)(O)O)P(=O)(O)O)C(P(=O)(O)O)P(=O)(O)O. The van der Waals surface area contributed by atoms with Gasteiger partial charge in [-0.1, -0.05) is 0 Å². The van der Waals surface area contributed by atoms with Gasteiger partial charge in [-0.25, -0.2) is 4.90 Å². The van der Waals surface area contributed by atoms with Gasteiger partial charge in [0.1, 0.15) is 6.23 Å². The van der Waals surface area contributed by atoms with Crippen LogP contribution >= 0.6 is 30.4 Å². The van der Waals surface area contributed by atoms with Crippen molar-refractivity contribution in [1.82, 2.24) is 4.90 Å². The molecule has 0 amide bonds. The van der Waals surface area contributed by atoms with Crippen molar-refractivity contribution in [3.8, 4) is 0 Å². The van der Waals surface area contributed by atoms with Crippen LogP contribution in [0.2, 0.25) is 0 Å². The maximum atomic E-state index is 11.6. The average molecular weight is 481 g/mol. The first-order valence-electron chi connectivity index (χ1n) is 6.52. The summed E-state index contributed by atoms with van der Waals surface area (Å²) in [7, 11) is -23.9. The summed E-state index contributed by atoms with van der Waals surface area (Å²) < 4.78 is 51.0. The van der Waals surface area contributed by atoms with Crippen molar-refractivity contribution in [2.24, 2.45) is 0 Å². The summed E-state index contributed by atoms with van der Waals surface area (Å²) in [4.78, 5) is 83.9. The molecule has 0 aliphatic rings. The second-order valence-corrected chi connectivity index (χ2v) is 12.6. The zero-order chi connectivity index (χ0) is 22.0. The quantitative estimate of drug-likeness (QED) is 0.119. The molecule has 0 saturated heterocycles. The van der Waals surface area contributed by atoms with Crippen LogP contribution in [-0.2, 0) is 27.8 Å². The lowest BCUT2D eigenvalue weighted by molar-refractivity contribution is -0.140. The predicted molar refractivity (Wildman–Crippen MR) is 85.3 cm³/mol. The third-order valence-electron chi connectivity index (χ3n) is 2.83. The van der Waals surface area contributed by atoms with Crippen molar-refractivity contribution >= 4 is 36.4 Å². The largest absolute Gasteiger partial charge is 0.481 e.